The molecule has 0 radical (unpaired) electrons. The van der Waals surface area contributed by atoms with Crippen LogP contribution in [-0.2, 0) is 26.5 Å². The second-order valence-corrected chi connectivity index (χ2v) is 18.9. The Morgan fingerprint density at radius 1 is 1.00 bits per heavy atom. The molecule has 7 rings (SSSR count). The second kappa shape index (κ2) is 13.3. The summed E-state index contributed by atoms with van der Waals surface area (Å²) < 4.78 is 14.1. The highest BCUT2D eigenvalue weighted by atomic mass is 28.3. The van der Waals surface area contributed by atoms with E-state index in [-0.39, 0.29) is 48.4 Å². The smallest absolute Gasteiger partial charge is 0.279 e. The normalized spacial score (nSPS) is 21.4. The molecule has 1 spiro atoms. The van der Waals surface area contributed by atoms with Crippen LogP contribution in [0.2, 0.25) is 18.6 Å². The van der Waals surface area contributed by atoms with Crippen molar-refractivity contribution in [3.05, 3.63) is 119 Å². The number of ether oxygens (including phenoxy) is 2. The van der Waals surface area contributed by atoms with Crippen molar-refractivity contribution < 1.29 is 24.2 Å². The fourth-order valence-electron chi connectivity index (χ4n) is 8.50. The average Bonchev–Trinajstić information content (AvgIpc) is 3.71. The van der Waals surface area contributed by atoms with Crippen molar-refractivity contribution in [1.82, 2.24) is 14.7 Å². The van der Waals surface area contributed by atoms with Gasteiger partial charge < -0.3 is 24.4 Å². The number of likely N-dealkylation sites (N-methyl/N-ethyl adjacent to an activating group) is 1. The van der Waals surface area contributed by atoms with Gasteiger partial charge in [0, 0.05) is 31.6 Å². The standard InChI is InChI=1S/C40H44N4O6Si/c1-26-37(51(4,5)30-18-16-29(49-3)17-19-30)35(24-36(46)43(21-22-45)25-27-11-7-6-8-12-27)50-40(26)32-23-28(15-20-34(32)42(2)39(40)48)44-38(47)31-13-9-10-14-33(31)41-44/h6-20,23,26,35,37,41,45H,21-22,24-25H2,1-5H3/t26-,35+,37-,40+/m0/s1. The summed E-state index contributed by atoms with van der Waals surface area (Å²) in [6.45, 7) is 6.98. The number of hydrogen-bond donors (Lipinski definition) is 2. The molecule has 2 aliphatic heterocycles. The fraction of sp³-hybridized carbons (Fsp3) is 0.325. The molecule has 51 heavy (non-hydrogen) atoms. The number of amides is 2. The average molecular weight is 705 g/mol. The van der Waals surface area contributed by atoms with Crippen LogP contribution in [0.15, 0.2) is 102 Å². The molecule has 0 saturated carbocycles. The molecule has 4 atom stereocenters. The summed E-state index contributed by atoms with van der Waals surface area (Å²) >= 11 is 0. The third kappa shape index (κ3) is 5.69. The van der Waals surface area contributed by atoms with Gasteiger partial charge in [-0.25, -0.2) is 4.68 Å². The van der Waals surface area contributed by atoms with Crippen LogP contribution in [0.1, 0.15) is 24.5 Å². The highest BCUT2D eigenvalue weighted by Crippen LogP contribution is 2.60. The lowest BCUT2D eigenvalue weighted by molar-refractivity contribution is -0.149. The monoisotopic (exact) mass is 704 g/mol. The first-order valence-electron chi connectivity index (χ1n) is 17.4. The molecule has 1 aromatic heterocycles. The van der Waals surface area contributed by atoms with Gasteiger partial charge >= 0.3 is 0 Å². The predicted molar refractivity (Wildman–Crippen MR) is 200 cm³/mol. The van der Waals surface area contributed by atoms with Gasteiger partial charge in [0.25, 0.3) is 11.5 Å². The van der Waals surface area contributed by atoms with Crippen molar-refractivity contribution in [3.8, 4) is 11.4 Å². The number of nitrogens with one attached hydrogen (secondary N) is 1. The molecule has 0 unspecified atom stereocenters. The quantitative estimate of drug-likeness (QED) is 0.199. The topological polar surface area (TPSA) is 117 Å². The third-order valence-electron chi connectivity index (χ3n) is 11.1. The van der Waals surface area contributed by atoms with Gasteiger partial charge in [0.2, 0.25) is 5.91 Å². The van der Waals surface area contributed by atoms with Crippen molar-refractivity contribution in [3.63, 3.8) is 0 Å². The van der Waals surface area contributed by atoms with Crippen LogP contribution >= 0.6 is 0 Å². The van der Waals surface area contributed by atoms with E-state index in [2.05, 4.69) is 37.2 Å². The summed E-state index contributed by atoms with van der Waals surface area (Å²) in [6, 6.07) is 30.7. The number of anilines is 1. The number of para-hydroxylation sites is 1. The number of carbonyl (C=O) groups excluding carboxylic acids is 2. The van der Waals surface area contributed by atoms with E-state index in [1.807, 2.05) is 78.9 Å². The van der Waals surface area contributed by atoms with Gasteiger partial charge in [-0.05, 0) is 53.6 Å². The molecule has 1 fully saturated rings. The Morgan fingerprint density at radius 3 is 2.39 bits per heavy atom. The van der Waals surface area contributed by atoms with Crippen molar-refractivity contribution in [2.24, 2.45) is 5.92 Å². The number of aromatic nitrogens is 2. The minimum Gasteiger partial charge on any atom is -0.497 e. The van der Waals surface area contributed by atoms with E-state index in [0.29, 0.717) is 34.4 Å². The van der Waals surface area contributed by atoms with E-state index < -0.39 is 19.8 Å². The largest absolute Gasteiger partial charge is 0.497 e. The fourth-order valence-corrected chi connectivity index (χ4v) is 12.5. The molecule has 3 heterocycles. The number of aliphatic hydroxyl groups excluding tert-OH is 1. The molecule has 2 N–H and O–H groups in total. The number of benzene rings is 4. The highest BCUT2D eigenvalue weighted by molar-refractivity contribution is 6.91. The zero-order chi connectivity index (χ0) is 36.1. The Labute approximate surface area is 298 Å². The van der Waals surface area contributed by atoms with Gasteiger partial charge in [-0.15, -0.1) is 0 Å². The first-order chi connectivity index (χ1) is 24.5. The van der Waals surface area contributed by atoms with Crippen LogP contribution in [0.25, 0.3) is 16.6 Å². The summed E-state index contributed by atoms with van der Waals surface area (Å²) in [6.07, 6.45) is -0.556. The maximum atomic E-state index is 14.6. The van der Waals surface area contributed by atoms with Crippen molar-refractivity contribution in [2.75, 3.05) is 32.2 Å². The molecular weight excluding hydrogens is 661 g/mol. The Balaban J connectivity index is 1.33. The zero-order valence-corrected chi connectivity index (χ0v) is 30.6. The molecule has 0 bridgehead atoms. The lowest BCUT2D eigenvalue weighted by Gasteiger charge is -2.37. The number of hydrogen-bond acceptors (Lipinski definition) is 6. The van der Waals surface area contributed by atoms with Gasteiger partial charge in [-0.1, -0.05) is 79.8 Å². The Bertz CT molecular complexity index is 2150. The van der Waals surface area contributed by atoms with Crippen LogP contribution in [-0.4, -0.2) is 73.1 Å². The molecule has 5 aromatic rings. The first kappa shape index (κ1) is 34.5. The van der Waals surface area contributed by atoms with Gasteiger partial charge in [-0.3, -0.25) is 19.5 Å². The summed E-state index contributed by atoms with van der Waals surface area (Å²) in [5.74, 6) is 0.0841. The van der Waals surface area contributed by atoms with E-state index in [0.717, 1.165) is 16.5 Å². The highest BCUT2D eigenvalue weighted by Gasteiger charge is 2.66. The van der Waals surface area contributed by atoms with Crippen LogP contribution < -0.4 is 20.4 Å². The molecule has 11 heteroatoms. The summed E-state index contributed by atoms with van der Waals surface area (Å²) in [5.41, 5.74) is 1.92. The van der Waals surface area contributed by atoms with Gasteiger partial charge in [0.15, 0.2) is 5.60 Å². The molecule has 10 nitrogen and oxygen atoms in total. The molecule has 264 valence electrons. The van der Waals surface area contributed by atoms with Crippen molar-refractivity contribution in [1.29, 1.82) is 0 Å². The third-order valence-corrected chi connectivity index (χ3v) is 15.5. The lowest BCUT2D eigenvalue weighted by Crippen LogP contribution is -2.52. The molecule has 2 amide bonds. The summed E-state index contributed by atoms with van der Waals surface area (Å²) in [4.78, 5) is 45.7. The number of fused-ring (bicyclic) bond motifs is 3. The maximum Gasteiger partial charge on any atom is 0.279 e. The summed E-state index contributed by atoms with van der Waals surface area (Å²) in [7, 11) is 0.883. The van der Waals surface area contributed by atoms with Crippen molar-refractivity contribution in [2.45, 2.75) is 50.2 Å². The molecule has 0 aliphatic carbocycles. The number of nitrogens with zero attached hydrogens (tertiary/aromatic N) is 3. The number of aliphatic hydroxyl groups is 1. The zero-order valence-electron chi connectivity index (χ0n) is 29.6. The number of carbonyl (C=O) groups is 2. The molecule has 1 saturated heterocycles. The van der Waals surface area contributed by atoms with Crippen LogP contribution in [0.3, 0.4) is 0 Å². The maximum absolute atomic E-state index is 14.6. The van der Waals surface area contributed by atoms with Crippen molar-refractivity contribution >= 4 is 41.7 Å². The van der Waals surface area contributed by atoms with E-state index in [4.69, 9.17) is 9.47 Å². The van der Waals surface area contributed by atoms with Crippen LogP contribution in [0, 0.1) is 5.92 Å². The number of rotatable bonds is 10. The van der Waals surface area contributed by atoms with Gasteiger partial charge in [-0.2, -0.15) is 0 Å². The summed E-state index contributed by atoms with van der Waals surface area (Å²) in [5, 5.41) is 14.9. The Hall–Kier alpha value is -4.97. The minimum absolute atomic E-state index is 0.0453. The van der Waals surface area contributed by atoms with Gasteiger partial charge in [0.05, 0.1) is 56.6 Å². The second-order valence-electron chi connectivity index (χ2n) is 14.2. The van der Waals surface area contributed by atoms with Crippen LogP contribution in [0.4, 0.5) is 5.69 Å². The number of H-pyrrole nitrogens is 1. The van der Waals surface area contributed by atoms with Gasteiger partial charge in [0.1, 0.15) is 5.75 Å². The lowest BCUT2D eigenvalue weighted by atomic mass is 9.82. The van der Waals surface area contributed by atoms with E-state index >= 15 is 0 Å². The Morgan fingerprint density at radius 2 is 1.71 bits per heavy atom. The minimum atomic E-state index is -2.51. The molecule has 4 aromatic carbocycles. The van der Waals surface area contributed by atoms with Crippen LogP contribution in [0.5, 0.6) is 5.75 Å². The SMILES string of the molecule is COc1ccc([Si](C)(C)[C@@H]2[C@@H](CC(=O)N(CCO)Cc3ccccc3)O[C@]3(C(=O)N(C)c4ccc(-n5[nH]c6ccccc6c5=O)cc43)[C@H]2C)cc1. The van der Waals surface area contributed by atoms with E-state index in [1.54, 1.807) is 30.0 Å². The first-order valence-corrected chi connectivity index (χ1v) is 20.5. The predicted octanol–water partition coefficient (Wildman–Crippen LogP) is 4.93. The molecule has 2 aliphatic rings. The van der Waals surface area contributed by atoms with E-state index in [1.165, 1.54) is 4.68 Å². The van der Waals surface area contributed by atoms with E-state index in [9.17, 15) is 19.5 Å². The Kier molecular flexibility index (Phi) is 8.99. The molecular formula is C40H44N4O6Si. The number of methoxy groups -OCH3 is 1. The number of aromatic amines is 1.